The van der Waals surface area contributed by atoms with Gasteiger partial charge in [-0.15, -0.1) is 0 Å². The standard InChI is InChI=1S/C15H22ClN3O2/c1-3-21-15(20)19-8-6-18(7-9-19)14-5-4-12(11-17-2)10-13(14)16/h4-5,10,17H,3,6-9,11H2,1-2H3. The number of carbonyl (C=O) groups is 1. The maximum atomic E-state index is 11.7. The molecule has 1 amide bonds. The summed E-state index contributed by atoms with van der Waals surface area (Å²) in [5.41, 5.74) is 2.19. The third kappa shape index (κ3) is 4.02. The minimum atomic E-state index is -0.229. The molecule has 1 heterocycles. The molecule has 0 radical (unpaired) electrons. The van der Waals surface area contributed by atoms with Gasteiger partial charge in [-0.25, -0.2) is 4.79 Å². The first-order valence-corrected chi connectivity index (χ1v) is 7.63. The van der Waals surface area contributed by atoms with Crippen molar-refractivity contribution in [1.82, 2.24) is 10.2 Å². The van der Waals surface area contributed by atoms with Gasteiger partial charge in [-0.1, -0.05) is 17.7 Å². The maximum absolute atomic E-state index is 11.7. The molecule has 0 saturated carbocycles. The van der Waals surface area contributed by atoms with E-state index in [9.17, 15) is 4.79 Å². The van der Waals surface area contributed by atoms with Crippen LogP contribution >= 0.6 is 11.6 Å². The van der Waals surface area contributed by atoms with Crippen LogP contribution in [0.5, 0.6) is 0 Å². The second-order valence-corrected chi connectivity index (χ2v) is 5.40. The predicted molar refractivity (Wildman–Crippen MR) is 85.0 cm³/mol. The van der Waals surface area contributed by atoms with Gasteiger partial charge in [0.1, 0.15) is 0 Å². The number of hydrogen-bond donors (Lipinski definition) is 1. The molecule has 0 unspecified atom stereocenters. The normalized spacial score (nSPS) is 15.2. The molecule has 1 aliphatic heterocycles. The fraction of sp³-hybridized carbons (Fsp3) is 0.533. The SMILES string of the molecule is CCOC(=O)N1CCN(c2ccc(CNC)cc2Cl)CC1. The zero-order chi connectivity index (χ0) is 15.2. The highest BCUT2D eigenvalue weighted by molar-refractivity contribution is 6.33. The van der Waals surface area contributed by atoms with Gasteiger partial charge in [-0.3, -0.25) is 0 Å². The molecular weight excluding hydrogens is 290 g/mol. The molecule has 116 valence electrons. The van der Waals surface area contributed by atoms with Gasteiger partial charge in [-0.2, -0.15) is 0 Å². The van der Waals surface area contributed by atoms with Gasteiger partial charge in [-0.05, 0) is 31.7 Å². The number of amides is 1. The van der Waals surface area contributed by atoms with Gasteiger partial charge in [0.2, 0.25) is 0 Å². The number of hydrogen-bond acceptors (Lipinski definition) is 4. The van der Waals surface area contributed by atoms with Crippen molar-refractivity contribution in [3.63, 3.8) is 0 Å². The number of rotatable bonds is 4. The molecule has 2 rings (SSSR count). The van der Waals surface area contributed by atoms with Crippen LogP contribution < -0.4 is 10.2 Å². The highest BCUT2D eigenvalue weighted by atomic mass is 35.5. The molecule has 0 aromatic heterocycles. The summed E-state index contributed by atoms with van der Waals surface area (Å²) < 4.78 is 5.02. The summed E-state index contributed by atoms with van der Waals surface area (Å²) in [7, 11) is 1.91. The molecule has 0 aliphatic carbocycles. The molecule has 0 spiro atoms. The molecule has 1 aromatic rings. The Morgan fingerprint density at radius 1 is 1.33 bits per heavy atom. The summed E-state index contributed by atoms with van der Waals surface area (Å²) in [5, 5.41) is 3.87. The van der Waals surface area contributed by atoms with E-state index in [-0.39, 0.29) is 6.09 Å². The molecule has 6 heteroatoms. The van der Waals surface area contributed by atoms with Crippen LogP contribution in [0.2, 0.25) is 5.02 Å². The first kappa shape index (κ1) is 15.9. The van der Waals surface area contributed by atoms with E-state index in [1.54, 1.807) is 4.90 Å². The summed E-state index contributed by atoms with van der Waals surface area (Å²) in [4.78, 5) is 15.6. The van der Waals surface area contributed by atoms with Crippen LogP contribution in [0.3, 0.4) is 0 Å². The first-order valence-electron chi connectivity index (χ1n) is 7.25. The monoisotopic (exact) mass is 311 g/mol. The Morgan fingerprint density at radius 3 is 2.62 bits per heavy atom. The third-order valence-corrected chi connectivity index (χ3v) is 3.84. The minimum Gasteiger partial charge on any atom is -0.450 e. The Bertz CT molecular complexity index is 488. The van der Waals surface area contributed by atoms with Crippen LogP contribution in [-0.2, 0) is 11.3 Å². The van der Waals surface area contributed by atoms with Gasteiger partial charge < -0.3 is 19.9 Å². The molecule has 1 aromatic carbocycles. The van der Waals surface area contributed by atoms with Crippen LogP contribution in [0.25, 0.3) is 0 Å². The Labute approximate surface area is 130 Å². The van der Waals surface area contributed by atoms with Crippen LogP contribution in [0.1, 0.15) is 12.5 Å². The summed E-state index contributed by atoms with van der Waals surface area (Å²) in [5.74, 6) is 0. The quantitative estimate of drug-likeness (QED) is 0.927. The van der Waals surface area contributed by atoms with Crippen molar-refractivity contribution in [2.45, 2.75) is 13.5 Å². The van der Waals surface area contributed by atoms with Crippen molar-refractivity contribution in [1.29, 1.82) is 0 Å². The Morgan fingerprint density at radius 2 is 2.05 bits per heavy atom. The molecule has 1 aliphatic rings. The zero-order valence-corrected chi connectivity index (χ0v) is 13.3. The van der Waals surface area contributed by atoms with E-state index in [4.69, 9.17) is 16.3 Å². The lowest BCUT2D eigenvalue weighted by molar-refractivity contribution is 0.105. The molecular formula is C15H22ClN3O2. The van der Waals surface area contributed by atoms with Crippen molar-refractivity contribution < 1.29 is 9.53 Å². The third-order valence-electron chi connectivity index (χ3n) is 3.54. The van der Waals surface area contributed by atoms with Gasteiger partial charge in [0, 0.05) is 32.7 Å². The van der Waals surface area contributed by atoms with E-state index in [0.717, 1.165) is 35.9 Å². The van der Waals surface area contributed by atoms with Gasteiger partial charge in [0.25, 0.3) is 0 Å². The Balaban J connectivity index is 1.97. The van der Waals surface area contributed by atoms with Gasteiger partial charge in [0.05, 0.1) is 17.3 Å². The minimum absolute atomic E-state index is 0.229. The van der Waals surface area contributed by atoms with E-state index in [2.05, 4.69) is 22.3 Å². The summed E-state index contributed by atoms with van der Waals surface area (Å²) in [6, 6.07) is 6.12. The Hall–Kier alpha value is -1.46. The lowest BCUT2D eigenvalue weighted by Gasteiger charge is -2.35. The number of nitrogens with one attached hydrogen (secondary N) is 1. The predicted octanol–water partition coefficient (Wildman–Crippen LogP) is 2.34. The highest BCUT2D eigenvalue weighted by Crippen LogP contribution is 2.27. The molecule has 1 saturated heterocycles. The first-order chi connectivity index (χ1) is 10.2. The lowest BCUT2D eigenvalue weighted by Crippen LogP contribution is -2.49. The fourth-order valence-electron chi connectivity index (χ4n) is 2.47. The van der Waals surface area contributed by atoms with Crippen LogP contribution in [-0.4, -0.2) is 50.8 Å². The van der Waals surface area contributed by atoms with Gasteiger partial charge >= 0.3 is 6.09 Å². The van der Waals surface area contributed by atoms with Gasteiger partial charge in [0.15, 0.2) is 0 Å². The lowest BCUT2D eigenvalue weighted by atomic mass is 10.1. The average molecular weight is 312 g/mol. The molecule has 1 fully saturated rings. The number of ether oxygens (including phenoxy) is 1. The number of piperazine rings is 1. The number of carbonyl (C=O) groups excluding carboxylic acids is 1. The largest absolute Gasteiger partial charge is 0.450 e. The van der Waals surface area contributed by atoms with Crippen molar-refractivity contribution in [2.24, 2.45) is 0 Å². The van der Waals surface area contributed by atoms with E-state index in [1.165, 1.54) is 0 Å². The molecule has 5 nitrogen and oxygen atoms in total. The van der Waals surface area contributed by atoms with E-state index >= 15 is 0 Å². The van der Waals surface area contributed by atoms with Crippen LogP contribution in [0, 0.1) is 0 Å². The summed E-state index contributed by atoms with van der Waals surface area (Å²) in [6.45, 7) is 5.89. The number of anilines is 1. The second-order valence-electron chi connectivity index (χ2n) is 4.99. The number of halogens is 1. The molecule has 0 atom stereocenters. The average Bonchev–Trinajstić information content (AvgIpc) is 2.48. The maximum Gasteiger partial charge on any atom is 0.409 e. The zero-order valence-electron chi connectivity index (χ0n) is 12.6. The van der Waals surface area contributed by atoms with E-state index < -0.39 is 0 Å². The number of nitrogens with zero attached hydrogens (tertiary/aromatic N) is 2. The second kappa shape index (κ2) is 7.52. The van der Waals surface area contributed by atoms with Crippen molar-refractivity contribution in [2.75, 3.05) is 44.7 Å². The molecule has 21 heavy (non-hydrogen) atoms. The molecule has 1 N–H and O–H groups in total. The summed E-state index contributed by atoms with van der Waals surface area (Å²) >= 11 is 6.37. The van der Waals surface area contributed by atoms with Crippen molar-refractivity contribution in [3.05, 3.63) is 28.8 Å². The highest BCUT2D eigenvalue weighted by Gasteiger charge is 2.23. The Kier molecular flexibility index (Phi) is 5.70. The fourth-order valence-corrected chi connectivity index (χ4v) is 2.79. The van der Waals surface area contributed by atoms with Crippen molar-refractivity contribution in [3.8, 4) is 0 Å². The molecule has 0 bridgehead atoms. The van der Waals surface area contributed by atoms with E-state index in [1.807, 2.05) is 20.0 Å². The smallest absolute Gasteiger partial charge is 0.409 e. The number of benzene rings is 1. The summed E-state index contributed by atoms with van der Waals surface area (Å²) in [6.07, 6.45) is -0.229. The van der Waals surface area contributed by atoms with E-state index in [0.29, 0.717) is 19.7 Å². The topological polar surface area (TPSA) is 44.8 Å². The van der Waals surface area contributed by atoms with Crippen LogP contribution in [0.4, 0.5) is 10.5 Å². The van der Waals surface area contributed by atoms with Crippen molar-refractivity contribution >= 4 is 23.4 Å². The van der Waals surface area contributed by atoms with Crippen LogP contribution in [0.15, 0.2) is 18.2 Å².